The highest BCUT2D eigenvalue weighted by Crippen LogP contribution is 2.28. The molecule has 5 rings (SSSR count). The number of imidazole rings is 1. The molecule has 5 aromatic rings. The van der Waals surface area contributed by atoms with Crippen LogP contribution in [0.2, 0.25) is 0 Å². The van der Waals surface area contributed by atoms with E-state index in [2.05, 4.69) is 40.3 Å². The summed E-state index contributed by atoms with van der Waals surface area (Å²) in [7, 11) is 0. The van der Waals surface area contributed by atoms with Crippen molar-refractivity contribution in [3.8, 4) is 11.5 Å². The molecule has 0 aliphatic rings. The zero-order valence-corrected chi connectivity index (χ0v) is 15.7. The SMILES string of the molecule is C/C(=C\c1ccccc1)c1nn2c(-c3c(C)nc4ccccn34)nnc2s1. The van der Waals surface area contributed by atoms with Crippen LogP contribution >= 0.6 is 11.3 Å². The maximum atomic E-state index is 4.77. The van der Waals surface area contributed by atoms with Crippen LogP contribution in [0.3, 0.4) is 0 Å². The third kappa shape index (κ3) is 2.63. The fourth-order valence-corrected chi connectivity index (χ4v) is 3.98. The smallest absolute Gasteiger partial charge is 0.235 e. The van der Waals surface area contributed by atoms with E-state index < -0.39 is 0 Å². The van der Waals surface area contributed by atoms with Crippen molar-refractivity contribution in [3.05, 3.63) is 71.0 Å². The van der Waals surface area contributed by atoms with Gasteiger partial charge in [0.2, 0.25) is 10.8 Å². The molecule has 0 atom stereocenters. The number of benzene rings is 1. The lowest BCUT2D eigenvalue weighted by atomic mass is 10.1. The van der Waals surface area contributed by atoms with E-state index in [1.165, 1.54) is 11.3 Å². The van der Waals surface area contributed by atoms with Gasteiger partial charge >= 0.3 is 0 Å². The number of aryl methyl sites for hydroxylation is 1. The third-order valence-corrected chi connectivity index (χ3v) is 5.46. The number of aromatic nitrogens is 6. The summed E-state index contributed by atoms with van der Waals surface area (Å²) in [5, 5.41) is 14.4. The second-order valence-corrected chi connectivity index (χ2v) is 7.29. The van der Waals surface area contributed by atoms with Gasteiger partial charge in [-0.3, -0.25) is 4.40 Å². The Morgan fingerprint density at radius 1 is 1.04 bits per heavy atom. The molecule has 0 aliphatic carbocycles. The van der Waals surface area contributed by atoms with Crippen molar-refractivity contribution >= 4 is 33.6 Å². The summed E-state index contributed by atoms with van der Waals surface area (Å²) in [6.07, 6.45) is 4.12. The zero-order valence-electron chi connectivity index (χ0n) is 14.9. The molecule has 0 saturated carbocycles. The Balaban J connectivity index is 1.64. The number of fused-ring (bicyclic) bond motifs is 2. The molecule has 0 unspecified atom stereocenters. The van der Waals surface area contributed by atoms with Crippen LogP contribution in [0.15, 0.2) is 54.7 Å². The monoisotopic (exact) mass is 372 g/mol. The second-order valence-electron chi connectivity index (χ2n) is 6.34. The highest BCUT2D eigenvalue weighted by atomic mass is 32.1. The highest BCUT2D eigenvalue weighted by Gasteiger charge is 2.19. The van der Waals surface area contributed by atoms with E-state index in [-0.39, 0.29) is 0 Å². The zero-order chi connectivity index (χ0) is 18.4. The minimum Gasteiger partial charge on any atom is -0.297 e. The van der Waals surface area contributed by atoms with Gasteiger partial charge in [0.1, 0.15) is 16.3 Å². The second kappa shape index (κ2) is 6.14. The van der Waals surface area contributed by atoms with E-state index >= 15 is 0 Å². The summed E-state index contributed by atoms with van der Waals surface area (Å²) < 4.78 is 3.84. The van der Waals surface area contributed by atoms with Gasteiger partial charge in [0, 0.05) is 6.20 Å². The molecule has 0 saturated heterocycles. The van der Waals surface area contributed by atoms with Crippen LogP contribution in [0.4, 0.5) is 0 Å². The van der Waals surface area contributed by atoms with Gasteiger partial charge in [-0.05, 0) is 43.2 Å². The Bertz CT molecular complexity index is 1290. The molecule has 6 nitrogen and oxygen atoms in total. The Hall–Kier alpha value is -3.32. The Morgan fingerprint density at radius 2 is 1.85 bits per heavy atom. The molecule has 0 radical (unpaired) electrons. The topological polar surface area (TPSA) is 60.4 Å². The Kier molecular flexibility index (Phi) is 3.61. The maximum absolute atomic E-state index is 4.77. The minimum absolute atomic E-state index is 0.705. The molecule has 1 aromatic carbocycles. The van der Waals surface area contributed by atoms with Crippen LogP contribution in [0.1, 0.15) is 23.2 Å². The normalized spacial score (nSPS) is 12.3. The van der Waals surface area contributed by atoms with Gasteiger partial charge in [-0.1, -0.05) is 47.7 Å². The van der Waals surface area contributed by atoms with Gasteiger partial charge in [0.15, 0.2) is 0 Å². The summed E-state index contributed by atoms with van der Waals surface area (Å²) in [4.78, 5) is 5.39. The minimum atomic E-state index is 0.705. The predicted molar refractivity (Wildman–Crippen MR) is 108 cm³/mol. The van der Waals surface area contributed by atoms with Crippen LogP contribution in [-0.4, -0.2) is 29.2 Å². The molecule has 0 N–H and O–H groups in total. The Morgan fingerprint density at radius 3 is 2.70 bits per heavy atom. The van der Waals surface area contributed by atoms with Crippen molar-refractivity contribution in [1.82, 2.24) is 29.2 Å². The first-order valence-electron chi connectivity index (χ1n) is 8.61. The average molecular weight is 372 g/mol. The Labute approximate surface area is 159 Å². The standard InChI is InChI=1S/C20H16N6S/c1-13(12-15-8-4-3-5-9-15)19-24-26-18(22-23-20(26)27-19)17-14(2)21-16-10-6-7-11-25(16)17/h3-12H,1-2H3/b13-12+. The van der Waals surface area contributed by atoms with Crippen LogP contribution in [0.25, 0.3) is 33.8 Å². The first-order chi connectivity index (χ1) is 13.2. The van der Waals surface area contributed by atoms with Gasteiger partial charge in [-0.15, -0.1) is 10.2 Å². The fraction of sp³-hybridized carbons (Fsp3) is 0.100. The van der Waals surface area contributed by atoms with Gasteiger partial charge < -0.3 is 0 Å². The molecule has 132 valence electrons. The van der Waals surface area contributed by atoms with E-state index in [9.17, 15) is 0 Å². The van der Waals surface area contributed by atoms with Crippen LogP contribution in [0.5, 0.6) is 0 Å². The molecule has 0 spiro atoms. The molecule has 4 aromatic heterocycles. The first-order valence-corrected chi connectivity index (χ1v) is 9.42. The van der Waals surface area contributed by atoms with E-state index in [0.29, 0.717) is 5.82 Å². The highest BCUT2D eigenvalue weighted by molar-refractivity contribution is 7.17. The summed E-state index contributed by atoms with van der Waals surface area (Å²) in [5.74, 6) is 0.705. The number of hydrogen-bond acceptors (Lipinski definition) is 5. The van der Waals surface area contributed by atoms with Crippen molar-refractivity contribution in [1.29, 1.82) is 0 Å². The van der Waals surface area contributed by atoms with Crippen molar-refractivity contribution in [2.75, 3.05) is 0 Å². The van der Waals surface area contributed by atoms with Gasteiger partial charge in [0.05, 0.1) is 5.69 Å². The van der Waals surface area contributed by atoms with Crippen LogP contribution in [-0.2, 0) is 0 Å². The third-order valence-electron chi connectivity index (χ3n) is 4.43. The fourth-order valence-electron chi connectivity index (χ4n) is 3.17. The average Bonchev–Trinajstić information content (AvgIpc) is 3.34. The molecule has 0 fully saturated rings. The first kappa shape index (κ1) is 15.9. The lowest BCUT2D eigenvalue weighted by Crippen LogP contribution is -1.96. The molecular weight excluding hydrogens is 356 g/mol. The van der Waals surface area contributed by atoms with E-state index in [1.807, 2.05) is 58.4 Å². The molecule has 0 amide bonds. The van der Waals surface area contributed by atoms with Crippen molar-refractivity contribution in [3.63, 3.8) is 0 Å². The number of pyridine rings is 1. The molecule has 27 heavy (non-hydrogen) atoms. The lowest BCUT2D eigenvalue weighted by molar-refractivity contribution is 0.941. The van der Waals surface area contributed by atoms with E-state index in [0.717, 1.165) is 38.1 Å². The molecule has 7 heteroatoms. The quantitative estimate of drug-likeness (QED) is 0.472. The molecule has 4 heterocycles. The predicted octanol–water partition coefficient (Wildman–Crippen LogP) is 4.37. The van der Waals surface area contributed by atoms with Crippen molar-refractivity contribution in [2.45, 2.75) is 13.8 Å². The van der Waals surface area contributed by atoms with E-state index in [1.54, 1.807) is 0 Å². The number of nitrogens with zero attached hydrogens (tertiary/aromatic N) is 6. The van der Waals surface area contributed by atoms with Gasteiger partial charge in [-0.2, -0.15) is 9.61 Å². The largest absolute Gasteiger partial charge is 0.297 e. The van der Waals surface area contributed by atoms with Gasteiger partial charge in [-0.25, -0.2) is 4.98 Å². The summed E-state index contributed by atoms with van der Waals surface area (Å²) in [5.41, 5.74) is 4.95. The summed E-state index contributed by atoms with van der Waals surface area (Å²) in [6.45, 7) is 4.05. The maximum Gasteiger partial charge on any atom is 0.235 e. The summed E-state index contributed by atoms with van der Waals surface area (Å²) >= 11 is 1.53. The molecule has 0 aliphatic heterocycles. The van der Waals surface area contributed by atoms with Crippen LogP contribution < -0.4 is 0 Å². The number of rotatable bonds is 3. The van der Waals surface area contributed by atoms with Crippen LogP contribution in [0, 0.1) is 6.92 Å². The van der Waals surface area contributed by atoms with Crippen molar-refractivity contribution in [2.24, 2.45) is 0 Å². The van der Waals surface area contributed by atoms with Crippen molar-refractivity contribution < 1.29 is 0 Å². The van der Waals surface area contributed by atoms with E-state index in [4.69, 9.17) is 5.10 Å². The number of hydrogen-bond donors (Lipinski definition) is 0. The summed E-state index contributed by atoms with van der Waals surface area (Å²) in [6, 6.07) is 16.2. The lowest BCUT2D eigenvalue weighted by Gasteiger charge is -1.99. The number of allylic oxidation sites excluding steroid dienone is 1. The van der Waals surface area contributed by atoms with Gasteiger partial charge in [0.25, 0.3) is 0 Å². The molecule has 0 bridgehead atoms. The molecular formula is C20H16N6S.